The molecule has 9 heteroatoms. The molecule has 1 unspecified atom stereocenters. The normalized spacial score (nSPS) is 17.6. The van der Waals surface area contributed by atoms with Crippen LogP contribution in [0.4, 0.5) is 13.2 Å². The third-order valence-corrected chi connectivity index (χ3v) is 4.61. The van der Waals surface area contributed by atoms with Gasteiger partial charge in [-0.3, -0.25) is 9.79 Å². The summed E-state index contributed by atoms with van der Waals surface area (Å²) >= 11 is 0. The molecule has 162 valence electrons. The second kappa shape index (κ2) is 9.84. The zero-order chi connectivity index (χ0) is 21.6. The van der Waals surface area contributed by atoms with E-state index in [4.69, 9.17) is 4.74 Å². The number of amides is 1. The van der Waals surface area contributed by atoms with Crippen LogP contribution in [0.3, 0.4) is 0 Å². The first-order chi connectivity index (χ1) is 13.6. The van der Waals surface area contributed by atoms with Crippen LogP contribution in [0.2, 0.25) is 0 Å². The van der Waals surface area contributed by atoms with Crippen LogP contribution in [0.25, 0.3) is 0 Å². The van der Waals surface area contributed by atoms with Gasteiger partial charge in [0, 0.05) is 39.1 Å². The highest BCUT2D eigenvalue weighted by molar-refractivity contribution is 5.80. The predicted octanol–water partition coefficient (Wildman–Crippen LogP) is 3.17. The Morgan fingerprint density at radius 1 is 1.38 bits per heavy atom. The third-order valence-electron chi connectivity index (χ3n) is 4.61. The molecule has 0 radical (unpaired) electrons. The van der Waals surface area contributed by atoms with Crippen molar-refractivity contribution < 1.29 is 22.7 Å². The van der Waals surface area contributed by atoms with Gasteiger partial charge in [0.2, 0.25) is 5.91 Å². The van der Waals surface area contributed by atoms with E-state index in [1.54, 1.807) is 25.8 Å². The van der Waals surface area contributed by atoms with Gasteiger partial charge in [-0.2, -0.15) is 13.2 Å². The lowest BCUT2D eigenvalue weighted by molar-refractivity contribution is -0.138. The summed E-state index contributed by atoms with van der Waals surface area (Å²) in [7, 11) is 1.56. The van der Waals surface area contributed by atoms with Gasteiger partial charge in [0.05, 0.1) is 11.7 Å². The molecule has 0 spiro atoms. The van der Waals surface area contributed by atoms with Crippen LogP contribution in [0.15, 0.2) is 23.2 Å². The molecule has 1 saturated heterocycles. The van der Waals surface area contributed by atoms with Crippen LogP contribution in [-0.2, 0) is 17.5 Å². The van der Waals surface area contributed by atoms with Gasteiger partial charge in [-0.1, -0.05) is 13.0 Å². The molecule has 0 aromatic heterocycles. The largest absolute Gasteiger partial charge is 0.491 e. The van der Waals surface area contributed by atoms with Crippen LogP contribution >= 0.6 is 0 Å². The monoisotopic (exact) mass is 414 g/mol. The first kappa shape index (κ1) is 22.8. The number of likely N-dealkylation sites (tertiary alicyclic amines) is 1. The average Bonchev–Trinajstić information content (AvgIpc) is 3.12. The molecule has 2 N–H and O–H groups in total. The van der Waals surface area contributed by atoms with Crippen molar-refractivity contribution in [3.05, 3.63) is 29.3 Å². The molecule has 1 heterocycles. The minimum absolute atomic E-state index is 0.0144. The number of carbonyl (C=O) groups is 1. The number of aliphatic imine (C=N–C) groups is 1. The van der Waals surface area contributed by atoms with E-state index in [1.807, 2.05) is 6.92 Å². The third kappa shape index (κ3) is 6.54. The average molecular weight is 414 g/mol. The van der Waals surface area contributed by atoms with Gasteiger partial charge in [0.1, 0.15) is 5.75 Å². The van der Waals surface area contributed by atoms with Crippen LogP contribution in [0, 0.1) is 0 Å². The van der Waals surface area contributed by atoms with Crippen LogP contribution < -0.4 is 15.4 Å². The van der Waals surface area contributed by atoms with E-state index in [0.717, 1.165) is 12.5 Å². The number of carbonyl (C=O) groups excluding carboxylic acids is 1. The molecule has 1 aliphatic heterocycles. The molecule has 2 rings (SSSR count). The fourth-order valence-electron chi connectivity index (χ4n) is 3.21. The number of hydrogen-bond donors (Lipinski definition) is 2. The van der Waals surface area contributed by atoms with E-state index in [2.05, 4.69) is 15.6 Å². The van der Waals surface area contributed by atoms with E-state index in [1.165, 1.54) is 12.1 Å². The quantitative estimate of drug-likeness (QED) is 0.554. The van der Waals surface area contributed by atoms with Gasteiger partial charge in [-0.15, -0.1) is 0 Å². The second-order valence-electron chi connectivity index (χ2n) is 7.23. The molecule has 1 aliphatic rings. The van der Waals surface area contributed by atoms with Crippen molar-refractivity contribution in [3.8, 4) is 5.75 Å². The van der Waals surface area contributed by atoms with Gasteiger partial charge < -0.3 is 20.3 Å². The lowest BCUT2D eigenvalue weighted by atomic mass is 10.1. The summed E-state index contributed by atoms with van der Waals surface area (Å²) < 4.78 is 45.8. The fraction of sp³-hybridized carbons (Fsp3) is 0.600. The lowest BCUT2D eigenvalue weighted by Crippen LogP contribution is -2.44. The summed E-state index contributed by atoms with van der Waals surface area (Å²) in [5.41, 5.74) is -0.634. The molecule has 1 amide bonds. The van der Waals surface area contributed by atoms with Crippen LogP contribution in [0.1, 0.15) is 44.7 Å². The van der Waals surface area contributed by atoms with E-state index < -0.39 is 11.7 Å². The SMILES string of the molecule is CCC(=O)N1CCC(NC(=NC)NCc2ccc(OC(C)C)cc2C(F)(F)F)C1. The number of alkyl halides is 3. The Balaban J connectivity index is 2.02. The molecule has 0 saturated carbocycles. The van der Waals surface area contributed by atoms with Gasteiger partial charge in [0.15, 0.2) is 5.96 Å². The molecule has 1 aromatic rings. The predicted molar refractivity (Wildman–Crippen MR) is 106 cm³/mol. The summed E-state index contributed by atoms with van der Waals surface area (Å²) in [5, 5.41) is 6.12. The molecule has 1 fully saturated rings. The second-order valence-corrected chi connectivity index (χ2v) is 7.23. The molecule has 1 atom stereocenters. The molecule has 0 bridgehead atoms. The lowest BCUT2D eigenvalue weighted by Gasteiger charge is -2.20. The smallest absolute Gasteiger partial charge is 0.416 e. The topological polar surface area (TPSA) is 66.0 Å². The van der Waals surface area contributed by atoms with E-state index >= 15 is 0 Å². The molecule has 0 aliphatic carbocycles. The van der Waals surface area contributed by atoms with Crippen molar-refractivity contribution in [2.24, 2.45) is 4.99 Å². The highest BCUT2D eigenvalue weighted by Gasteiger charge is 2.34. The zero-order valence-corrected chi connectivity index (χ0v) is 17.3. The fourth-order valence-corrected chi connectivity index (χ4v) is 3.21. The van der Waals surface area contributed by atoms with Crippen molar-refractivity contribution >= 4 is 11.9 Å². The maximum absolute atomic E-state index is 13.5. The van der Waals surface area contributed by atoms with E-state index in [9.17, 15) is 18.0 Å². The maximum atomic E-state index is 13.5. The molecular weight excluding hydrogens is 385 g/mol. The summed E-state index contributed by atoms with van der Waals surface area (Å²) in [6, 6.07) is 3.99. The highest BCUT2D eigenvalue weighted by atomic mass is 19.4. The van der Waals surface area contributed by atoms with E-state index in [-0.39, 0.29) is 35.9 Å². The Hall–Kier alpha value is -2.45. The summed E-state index contributed by atoms with van der Waals surface area (Å²) in [5.74, 6) is 0.678. The number of nitrogens with zero attached hydrogens (tertiary/aromatic N) is 2. The van der Waals surface area contributed by atoms with Gasteiger partial charge in [0.25, 0.3) is 0 Å². The summed E-state index contributed by atoms with van der Waals surface area (Å²) in [4.78, 5) is 17.7. The molecule has 6 nitrogen and oxygen atoms in total. The molecule has 29 heavy (non-hydrogen) atoms. The first-order valence-electron chi connectivity index (χ1n) is 9.75. The first-order valence-corrected chi connectivity index (χ1v) is 9.75. The Labute approximate surface area is 169 Å². The minimum Gasteiger partial charge on any atom is -0.491 e. The Morgan fingerprint density at radius 3 is 2.69 bits per heavy atom. The summed E-state index contributed by atoms with van der Waals surface area (Å²) in [6.45, 7) is 6.52. The summed E-state index contributed by atoms with van der Waals surface area (Å²) in [6.07, 6.45) is -3.48. The number of halogens is 3. The molecule has 1 aromatic carbocycles. The number of ether oxygens (including phenoxy) is 1. The Kier molecular flexibility index (Phi) is 7.75. The van der Waals surface area contributed by atoms with E-state index in [0.29, 0.717) is 25.5 Å². The van der Waals surface area contributed by atoms with Crippen molar-refractivity contribution in [3.63, 3.8) is 0 Å². The van der Waals surface area contributed by atoms with Crippen LogP contribution in [-0.4, -0.2) is 49.0 Å². The number of benzene rings is 1. The Bertz CT molecular complexity index is 735. The van der Waals surface area contributed by atoms with Gasteiger partial charge in [-0.25, -0.2) is 0 Å². The maximum Gasteiger partial charge on any atom is 0.416 e. The molecular formula is C20H29F3N4O2. The van der Waals surface area contributed by atoms with Crippen molar-refractivity contribution in [2.45, 2.75) is 58.5 Å². The highest BCUT2D eigenvalue weighted by Crippen LogP contribution is 2.34. The van der Waals surface area contributed by atoms with Crippen molar-refractivity contribution in [1.82, 2.24) is 15.5 Å². The van der Waals surface area contributed by atoms with Crippen molar-refractivity contribution in [2.75, 3.05) is 20.1 Å². The van der Waals surface area contributed by atoms with Gasteiger partial charge in [-0.05, 0) is 38.0 Å². The van der Waals surface area contributed by atoms with Crippen LogP contribution in [0.5, 0.6) is 5.75 Å². The Morgan fingerprint density at radius 2 is 2.10 bits per heavy atom. The number of hydrogen-bond acceptors (Lipinski definition) is 3. The van der Waals surface area contributed by atoms with Crippen molar-refractivity contribution in [1.29, 1.82) is 0 Å². The number of rotatable bonds is 6. The van der Waals surface area contributed by atoms with Gasteiger partial charge >= 0.3 is 6.18 Å². The number of nitrogens with one attached hydrogen (secondary N) is 2. The standard InChI is InChI=1S/C20H29F3N4O2/c1-5-18(28)27-9-8-15(12-27)26-19(24-4)25-11-14-6-7-16(29-13(2)3)10-17(14)20(21,22)23/h6-7,10,13,15H,5,8-9,11-12H2,1-4H3,(H2,24,25,26). The number of guanidine groups is 1. The minimum atomic E-state index is -4.49. The zero-order valence-electron chi connectivity index (χ0n) is 17.3.